The van der Waals surface area contributed by atoms with Gasteiger partial charge < -0.3 is 5.32 Å². The van der Waals surface area contributed by atoms with Gasteiger partial charge in [-0.2, -0.15) is 4.31 Å². The number of rotatable bonds is 5. The molecular formula is C26H26N4O3S. The van der Waals surface area contributed by atoms with E-state index in [0.29, 0.717) is 30.2 Å². The van der Waals surface area contributed by atoms with E-state index in [4.69, 9.17) is 4.98 Å². The minimum atomic E-state index is -3.65. The van der Waals surface area contributed by atoms with E-state index < -0.39 is 15.9 Å². The summed E-state index contributed by atoms with van der Waals surface area (Å²) >= 11 is 0. The Morgan fingerprint density at radius 2 is 1.59 bits per heavy atom. The van der Waals surface area contributed by atoms with Crippen molar-refractivity contribution < 1.29 is 13.2 Å². The second-order valence-electron chi connectivity index (χ2n) is 8.40. The number of pyridine rings is 1. The predicted octanol–water partition coefficient (Wildman–Crippen LogP) is 4.82. The third-order valence-electron chi connectivity index (χ3n) is 6.11. The molecule has 1 N–H and O–H groups in total. The third-order valence-corrected chi connectivity index (χ3v) is 8.00. The Morgan fingerprint density at radius 1 is 0.853 bits per heavy atom. The number of imidazole rings is 1. The summed E-state index contributed by atoms with van der Waals surface area (Å²) in [6.07, 6.45) is 5.63. The van der Waals surface area contributed by atoms with Crippen molar-refractivity contribution in [3.8, 4) is 11.3 Å². The molecule has 7 nitrogen and oxygen atoms in total. The Bertz CT molecular complexity index is 1420. The maximum Gasteiger partial charge on any atom is 0.256 e. The lowest BCUT2D eigenvalue weighted by molar-refractivity contribution is 0.102. The molecule has 0 spiro atoms. The molecule has 0 saturated carbocycles. The number of hydrogen-bond donors (Lipinski definition) is 1. The molecule has 8 heteroatoms. The molecule has 1 fully saturated rings. The maximum absolute atomic E-state index is 13.3. The highest BCUT2D eigenvalue weighted by Crippen LogP contribution is 2.29. The molecule has 2 aromatic carbocycles. The lowest BCUT2D eigenvalue weighted by Crippen LogP contribution is -2.32. The first-order valence-electron chi connectivity index (χ1n) is 11.5. The second kappa shape index (κ2) is 9.40. The first-order chi connectivity index (χ1) is 16.5. The Hall–Kier alpha value is -3.49. The molecule has 0 bridgehead atoms. The SMILES string of the molecule is O=C(Nc1c(-c2ccccc2)nc2ccccn12)c1cccc(S(=O)(=O)N2CCCCCC2)c1. The van der Waals surface area contributed by atoms with Crippen LogP contribution in [0, 0.1) is 0 Å². The second-order valence-corrected chi connectivity index (χ2v) is 10.3. The monoisotopic (exact) mass is 474 g/mol. The third kappa shape index (κ3) is 4.34. The number of anilines is 1. The van der Waals surface area contributed by atoms with Gasteiger partial charge in [0.2, 0.25) is 10.0 Å². The van der Waals surface area contributed by atoms with Crippen molar-refractivity contribution in [3.63, 3.8) is 0 Å². The highest BCUT2D eigenvalue weighted by atomic mass is 32.2. The number of sulfonamides is 1. The molecule has 3 heterocycles. The molecule has 5 rings (SSSR count). The molecule has 2 aromatic heterocycles. The average molecular weight is 475 g/mol. The van der Waals surface area contributed by atoms with Crippen molar-refractivity contribution in [1.82, 2.24) is 13.7 Å². The fourth-order valence-electron chi connectivity index (χ4n) is 4.32. The van der Waals surface area contributed by atoms with E-state index in [-0.39, 0.29) is 10.5 Å². The van der Waals surface area contributed by atoms with Crippen LogP contribution in [0.15, 0.2) is 83.9 Å². The number of carbonyl (C=O) groups excluding carboxylic acids is 1. The number of hydrogen-bond acceptors (Lipinski definition) is 4. The Kier molecular flexibility index (Phi) is 6.17. The largest absolute Gasteiger partial charge is 0.306 e. The van der Waals surface area contributed by atoms with Gasteiger partial charge in [0.15, 0.2) is 0 Å². The van der Waals surface area contributed by atoms with Crippen molar-refractivity contribution in [2.75, 3.05) is 18.4 Å². The van der Waals surface area contributed by atoms with E-state index in [9.17, 15) is 13.2 Å². The minimum Gasteiger partial charge on any atom is -0.306 e. The molecular weight excluding hydrogens is 448 g/mol. The zero-order valence-electron chi connectivity index (χ0n) is 18.7. The quantitative estimate of drug-likeness (QED) is 0.450. The summed E-state index contributed by atoms with van der Waals surface area (Å²) < 4.78 is 29.8. The molecule has 174 valence electrons. The first-order valence-corrected chi connectivity index (χ1v) is 12.9. The van der Waals surface area contributed by atoms with E-state index in [2.05, 4.69) is 5.32 Å². The molecule has 0 atom stereocenters. The molecule has 4 aromatic rings. The zero-order chi connectivity index (χ0) is 23.5. The first kappa shape index (κ1) is 22.3. The highest BCUT2D eigenvalue weighted by Gasteiger charge is 2.26. The van der Waals surface area contributed by atoms with E-state index >= 15 is 0 Å². The highest BCUT2D eigenvalue weighted by molar-refractivity contribution is 7.89. The van der Waals surface area contributed by atoms with Crippen LogP contribution in [-0.2, 0) is 10.0 Å². The number of nitrogens with zero attached hydrogens (tertiary/aromatic N) is 3. The molecule has 0 radical (unpaired) electrons. The summed E-state index contributed by atoms with van der Waals surface area (Å²) in [6.45, 7) is 1.03. The van der Waals surface area contributed by atoms with Crippen LogP contribution >= 0.6 is 0 Å². The molecule has 1 aliphatic rings. The Morgan fingerprint density at radius 3 is 2.35 bits per heavy atom. The van der Waals surface area contributed by atoms with Gasteiger partial charge in [-0.05, 0) is 43.2 Å². The molecule has 0 aliphatic carbocycles. The lowest BCUT2D eigenvalue weighted by Gasteiger charge is -2.20. The van der Waals surface area contributed by atoms with Gasteiger partial charge in [0.25, 0.3) is 5.91 Å². The lowest BCUT2D eigenvalue weighted by atomic mass is 10.1. The molecule has 34 heavy (non-hydrogen) atoms. The molecule has 0 unspecified atom stereocenters. The number of fused-ring (bicyclic) bond motifs is 1. The van der Waals surface area contributed by atoms with Gasteiger partial charge >= 0.3 is 0 Å². The van der Waals surface area contributed by atoms with Crippen molar-refractivity contribution in [2.24, 2.45) is 0 Å². The Labute approximate surface area is 199 Å². The van der Waals surface area contributed by atoms with Gasteiger partial charge in [0, 0.05) is 30.4 Å². The fraction of sp³-hybridized carbons (Fsp3) is 0.231. The Balaban J connectivity index is 1.48. The van der Waals surface area contributed by atoms with Crippen LogP contribution in [0.2, 0.25) is 0 Å². The van der Waals surface area contributed by atoms with E-state index in [1.807, 2.05) is 59.1 Å². The van der Waals surface area contributed by atoms with Gasteiger partial charge in [-0.15, -0.1) is 0 Å². The number of amides is 1. The van der Waals surface area contributed by atoms with Gasteiger partial charge in [0.05, 0.1) is 4.90 Å². The van der Waals surface area contributed by atoms with Crippen LogP contribution in [0.25, 0.3) is 16.9 Å². The van der Waals surface area contributed by atoms with Gasteiger partial charge in [-0.1, -0.05) is 55.3 Å². The van der Waals surface area contributed by atoms with Crippen molar-refractivity contribution >= 4 is 27.4 Å². The van der Waals surface area contributed by atoms with Gasteiger partial charge in [-0.25, -0.2) is 13.4 Å². The number of carbonyl (C=O) groups is 1. The van der Waals surface area contributed by atoms with Gasteiger partial charge in [0.1, 0.15) is 17.2 Å². The summed E-state index contributed by atoms with van der Waals surface area (Å²) in [5.74, 6) is 0.142. The number of aromatic nitrogens is 2. The molecule has 1 amide bonds. The van der Waals surface area contributed by atoms with Crippen LogP contribution in [0.4, 0.5) is 5.82 Å². The maximum atomic E-state index is 13.3. The topological polar surface area (TPSA) is 83.8 Å². The molecule has 1 saturated heterocycles. The van der Waals surface area contributed by atoms with Crippen molar-refractivity contribution in [1.29, 1.82) is 0 Å². The zero-order valence-corrected chi connectivity index (χ0v) is 19.5. The van der Waals surface area contributed by atoms with Crippen molar-refractivity contribution in [2.45, 2.75) is 30.6 Å². The summed E-state index contributed by atoms with van der Waals surface area (Å²) in [5.41, 5.74) is 2.50. The standard InChI is InChI=1S/C26H26N4O3S/c31-26(21-13-10-14-22(19-21)34(32,33)29-16-7-1-2-8-17-29)28-25-24(20-11-4-3-5-12-20)27-23-15-6-9-18-30(23)25/h3-6,9-15,18-19H,1-2,7-8,16-17H2,(H,28,31). The smallest absolute Gasteiger partial charge is 0.256 e. The summed E-state index contributed by atoms with van der Waals surface area (Å²) in [7, 11) is -3.65. The van der Waals surface area contributed by atoms with Crippen LogP contribution in [0.3, 0.4) is 0 Å². The normalized spacial score (nSPS) is 15.2. The summed E-state index contributed by atoms with van der Waals surface area (Å²) in [6, 6.07) is 21.5. The average Bonchev–Trinajstić information content (AvgIpc) is 3.03. The summed E-state index contributed by atoms with van der Waals surface area (Å²) in [5, 5.41) is 2.97. The van der Waals surface area contributed by atoms with Crippen LogP contribution in [0.5, 0.6) is 0 Å². The van der Waals surface area contributed by atoms with Crippen molar-refractivity contribution in [3.05, 3.63) is 84.6 Å². The van der Waals surface area contributed by atoms with Gasteiger partial charge in [-0.3, -0.25) is 9.20 Å². The molecule has 1 aliphatic heterocycles. The van der Waals surface area contributed by atoms with E-state index in [1.165, 1.54) is 10.4 Å². The minimum absolute atomic E-state index is 0.142. The van der Waals surface area contributed by atoms with Crippen LogP contribution in [0.1, 0.15) is 36.0 Å². The van der Waals surface area contributed by atoms with E-state index in [1.54, 1.807) is 18.2 Å². The fourth-order valence-corrected chi connectivity index (χ4v) is 5.88. The van der Waals surface area contributed by atoms with Crippen LogP contribution in [-0.4, -0.2) is 41.1 Å². The summed E-state index contributed by atoms with van der Waals surface area (Å²) in [4.78, 5) is 18.1. The van der Waals surface area contributed by atoms with Crippen LogP contribution < -0.4 is 5.32 Å². The number of benzene rings is 2. The van der Waals surface area contributed by atoms with E-state index in [0.717, 1.165) is 31.2 Å². The predicted molar refractivity (Wildman–Crippen MR) is 132 cm³/mol. The number of nitrogens with one attached hydrogen (secondary N) is 1.